The van der Waals surface area contributed by atoms with E-state index in [4.69, 9.17) is 38.4 Å². The van der Waals surface area contributed by atoms with Gasteiger partial charge in [-0.05, 0) is 62.2 Å². The zero-order valence-corrected chi connectivity index (χ0v) is 23.8. The lowest BCUT2D eigenvalue weighted by atomic mass is 9.99. The number of aliphatic imine (C=N–C) groups is 1. The van der Waals surface area contributed by atoms with Gasteiger partial charge in [0.2, 0.25) is 5.91 Å². The minimum atomic E-state index is -0.861. The molecular formula is C29H29ClN6O3S. The van der Waals surface area contributed by atoms with Gasteiger partial charge < -0.3 is 11.1 Å². The highest BCUT2D eigenvalue weighted by Gasteiger charge is 2.34. The van der Waals surface area contributed by atoms with Crippen molar-refractivity contribution in [2.45, 2.75) is 39.8 Å². The Kier molecular flexibility index (Phi) is 9.14. The first-order valence-corrected chi connectivity index (χ1v) is 13.6. The standard InChI is InChI=1S/C29H29ClN6O3S/c1-16-17(2)40-29-26(16)27(20-6-9-22(30)10-7-20)35-24(28(33)36(29)18(3)32)14-25(37)34-23-11-8-19(5-4-12-31)21(13-23)15-39-38/h6-11,13,24,32-33,38H,12,14-15,31H2,1-3H3,(H,34,37)/t24-/m0/s1. The molecule has 0 unspecified atom stereocenters. The van der Waals surface area contributed by atoms with Crippen LogP contribution in [0.5, 0.6) is 0 Å². The molecule has 0 aliphatic carbocycles. The number of anilines is 2. The maximum atomic E-state index is 13.3. The first kappa shape index (κ1) is 29.1. The molecule has 2 heterocycles. The molecule has 2 aromatic carbocycles. The van der Waals surface area contributed by atoms with Crippen molar-refractivity contribution in [1.82, 2.24) is 0 Å². The number of nitrogens with one attached hydrogen (secondary N) is 3. The molecule has 0 fully saturated rings. The number of carbonyl (C=O) groups is 1. The number of amidine groups is 2. The summed E-state index contributed by atoms with van der Waals surface area (Å²) >= 11 is 7.64. The summed E-state index contributed by atoms with van der Waals surface area (Å²) in [6, 6.07) is 11.5. The molecule has 0 bridgehead atoms. The summed E-state index contributed by atoms with van der Waals surface area (Å²) in [6.07, 6.45) is -0.132. The van der Waals surface area contributed by atoms with Gasteiger partial charge in [-0.15, -0.1) is 11.3 Å². The highest BCUT2D eigenvalue weighted by atomic mass is 35.5. The summed E-state index contributed by atoms with van der Waals surface area (Å²) in [6.45, 7) is 5.69. The molecule has 4 rings (SSSR count). The zero-order chi connectivity index (χ0) is 29.0. The topological polar surface area (TPSA) is 148 Å². The molecule has 1 aromatic heterocycles. The maximum Gasteiger partial charge on any atom is 0.227 e. The van der Waals surface area contributed by atoms with Crippen LogP contribution in [0.4, 0.5) is 10.7 Å². The van der Waals surface area contributed by atoms with Gasteiger partial charge in [0.15, 0.2) is 0 Å². The molecule has 0 radical (unpaired) electrons. The Morgan fingerprint density at radius 1 is 1.27 bits per heavy atom. The monoisotopic (exact) mass is 576 g/mol. The van der Waals surface area contributed by atoms with Gasteiger partial charge in [-0.1, -0.05) is 35.6 Å². The van der Waals surface area contributed by atoms with Crippen LogP contribution in [-0.2, 0) is 16.3 Å². The van der Waals surface area contributed by atoms with Gasteiger partial charge >= 0.3 is 0 Å². The average molecular weight is 577 g/mol. The second kappa shape index (κ2) is 12.6. The van der Waals surface area contributed by atoms with Gasteiger partial charge in [-0.25, -0.2) is 4.89 Å². The molecule has 0 spiro atoms. The van der Waals surface area contributed by atoms with E-state index < -0.39 is 6.04 Å². The molecular weight excluding hydrogens is 548 g/mol. The van der Waals surface area contributed by atoms with Gasteiger partial charge in [0.05, 0.1) is 18.7 Å². The summed E-state index contributed by atoms with van der Waals surface area (Å²) in [5, 5.41) is 30.7. The fourth-order valence-corrected chi connectivity index (χ4v) is 5.75. The summed E-state index contributed by atoms with van der Waals surface area (Å²) in [4.78, 5) is 25.2. The van der Waals surface area contributed by atoms with Crippen molar-refractivity contribution in [2.24, 2.45) is 10.7 Å². The van der Waals surface area contributed by atoms with E-state index in [9.17, 15) is 4.79 Å². The number of thiophene rings is 1. The Morgan fingerprint density at radius 3 is 2.65 bits per heavy atom. The highest BCUT2D eigenvalue weighted by molar-refractivity contribution is 7.17. The summed E-state index contributed by atoms with van der Waals surface area (Å²) in [5.41, 5.74) is 10.4. The van der Waals surface area contributed by atoms with E-state index in [2.05, 4.69) is 22.0 Å². The number of nitrogens with zero attached hydrogens (tertiary/aromatic N) is 2. The van der Waals surface area contributed by atoms with E-state index >= 15 is 0 Å². The predicted molar refractivity (Wildman–Crippen MR) is 161 cm³/mol. The van der Waals surface area contributed by atoms with E-state index in [0.717, 1.165) is 26.6 Å². The van der Waals surface area contributed by atoms with Crippen molar-refractivity contribution in [3.63, 3.8) is 0 Å². The Labute approximate surface area is 241 Å². The molecule has 9 nitrogen and oxygen atoms in total. The lowest BCUT2D eigenvalue weighted by Crippen LogP contribution is -2.41. The second-order valence-electron chi connectivity index (χ2n) is 9.17. The van der Waals surface area contributed by atoms with Gasteiger partial charge in [0.1, 0.15) is 29.3 Å². The van der Waals surface area contributed by atoms with Crippen molar-refractivity contribution < 1.29 is 14.9 Å². The van der Waals surface area contributed by atoms with Crippen molar-refractivity contribution in [3.8, 4) is 11.8 Å². The highest BCUT2D eigenvalue weighted by Crippen LogP contribution is 2.40. The molecule has 40 heavy (non-hydrogen) atoms. The number of aryl methyl sites for hydroxylation is 1. The van der Waals surface area contributed by atoms with Crippen LogP contribution in [0.1, 0.15) is 46.0 Å². The number of hydrogen-bond acceptors (Lipinski definition) is 8. The Hall–Kier alpha value is -3.85. The SMILES string of the molecule is CC(=N)N1C(=N)[C@H](CC(=O)Nc2ccc(C#CCN)c(COO)c2)N=C(c2ccc(Cl)cc2)c2c1sc(C)c2C. The molecule has 206 valence electrons. The Bertz CT molecular complexity index is 1570. The van der Waals surface area contributed by atoms with Crippen molar-refractivity contribution in [1.29, 1.82) is 10.8 Å². The first-order chi connectivity index (χ1) is 19.1. The van der Waals surface area contributed by atoms with E-state index in [1.54, 1.807) is 42.2 Å². The van der Waals surface area contributed by atoms with Crippen LogP contribution in [0.3, 0.4) is 0 Å². The van der Waals surface area contributed by atoms with Crippen molar-refractivity contribution in [2.75, 3.05) is 16.8 Å². The minimum absolute atomic E-state index is 0.0379. The Balaban J connectivity index is 1.71. The van der Waals surface area contributed by atoms with E-state index in [1.807, 2.05) is 26.0 Å². The summed E-state index contributed by atoms with van der Waals surface area (Å²) in [7, 11) is 0. The van der Waals surface area contributed by atoms with Gasteiger partial charge in [0.25, 0.3) is 0 Å². The smallest absolute Gasteiger partial charge is 0.227 e. The number of benzene rings is 2. The lowest BCUT2D eigenvalue weighted by molar-refractivity contribution is -0.253. The molecule has 0 saturated carbocycles. The number of amides is 1. The third-order valence-corrected chi connectivity index (χ3v) is 7.86. The molecule has 3 aromatic rings. The second-order valence-corrected chi connectivity index (χ2v) is 10.8. The third kappa shape index (κ3) is 6.14. The average Bonchev–Trinajstić information content (AvgIpc) is 3.13. The van der Waals surface area contributed by atoms with E-state index in [0.29, 0.717) is 27.5 Å². The molecule has 1 atom stereocenters. The van der Waals surface area contributed by atoms with Crippen LogP contribution < -0.4 is 16.0 Å². The number of hydrogen-bond donors (Lipinski definition) is 5. The molecule has 1 aliphatic heterocycles. The number of carbonyl (C=O) groups excluding carboxylic acids is 1. The fraction of sp³-hybridized carbons (Fsp3) is 0.241. The number of fused-ring (bicyclic) bond motifs is 1. The fourth-order valence-electron chi connectivity index (χ4n) is 4.40. The van der Waals surface area contributed by atoms with Gasteiger partial charge in [-0.3, -0.25) is 30.8 Å². The van der Waals surface area contributed by atoms with Gasteiger partial charge in [0, 0.05) is 32.3 Å². The number of rotatable bonds is 6. The molecule has 1 amide bonds. The third-order valence-electron chi connectivity index (χ3n) is 6.41. The van der Waals surface area contributed by atoms with Crippen LogP contribution in [-0.4, -0.2) is 41.1 Å². The molecule has 0 saturated heterocycles. The van der Waals surface area contributed by atoms with Gasteiger partial charge in [-0.2, -0.15) is 0 Å². The number of nitrogens with two attached hydrogens (primary N) is 1. The predicted octanol–water partition coefficient (Wildman–Crippen LogP) is 5.35. The first-order valence-electron chi connectivity index (χ1n) is 12.4. The Morgan fingerprint density at radius 2 is 2.00 bits per heavy atom. The van der Waals surface area contributed by atoms with Crippen LogP contribution in [0.2, 0.25) is 5.02 Å². The van der Waals surface area contributed by atoms with E-state index in [1.165, 1.54) is 11.3 Å². The number of halogens is 1. The van der Waals surface area contributed by atoms with E-state index in [-0.39, 0.29) is 37.2 Å². The molecule has 1 aliphatic rings. The van der Waals surface area contributed by atoms with Crippen LogP contribution in [0, 0.1) is 36.5 Å². The quantitative estimate of drug-likeness (QED) is 0.0882. The molecule has 11 heteroatoms. The largest absolute Gasteiger partial charge is 0.326 e. The van der Waals surface area contributed by atoms with Crippen molar-refractivity contribution >= 4 is 56.9 Å². The van der Waals surface area contributed by atoms with Crippen LogP contribution in [0.15, 0.2) is 47.5 Å². The van der Waals surface area contributed by atoms with Crippen molar-refractivity contribution in [3.05, 3.63) is 80.2 Å². The maximum absolute atomic E-state index is 13.3. The lowest BCUT2D eigenvalue weighted by Gasteiger charge is -2.24. The minimum Gasteiger partial charge on any atom is -0.326 e. The van der Waals surface area contributed by atoms with Crippen LogP contribution >= 0.6 is 22.9 Å². The van der Waals surface area contributed by atoms with Crippen LogP contribution in [0.25, 0.3) is 0 Å². The summed E-state index contributed by atoms with van der Waals surface area (Å²) < 4.78 is 0. The normalized spacial score (nSPS) is 14.6. The summed E-state index contributed by atoms with van der Waals surface area (Å²) in [5.74, 6) is 5.50. The molecule has 6 N–H and O–H groups in total. The zero-order valence-electron chi connectivity index (χ0n) is 22.3.